The maximum absolute atomic E-state index is 12.4. The molecule has 1 amide bonds. The number of nitrogens with zero attached hydrogens (tertiary/aromatic N) is 3. The average molecular weight is 548 g/mol. The van der Waals surface area contributed by atoms with Crippen LogP contribution in [0.2, 0.25) is 0 Å². The van der Waals surface area contributed by atoms with E-state index in [1.54, 1.807) is 10.8 Å². The van der Waals surface area contributed by atoms with Crippen LogP contribution in [-0.2, 0) is 19.7 Å². The highest BCUT2D eigenvalue weighted by atomic mass is 32.2. The van der Waals surface area contributed by atoms with Crippen molar-refractivity contribution in [3.8, 4) is 0 Å². The van der Waals surface area contributed by atoms with Crippen LogP contribution in [-0.4, -0.2) is 86.9 Å². The van der Waals surface area contributed by atoms with Crippen molar-refractivity contribution in [2.75, 3.05) is 12.3 Å². The Bertz CT molecular complexity index is 1450. The zero-order chi connectivity index (χ0) is 27.6. The number of rotatable bonds is 10. The molecule has 0 saturated carbocycles. The number of fused-ring (bicyclic) bond motifs is 1. The minimum absolute atomic E-state index is 0.000297. The summed E-state index contributed by atoms with van der Waals surface area (Å²) in [6.45, 7) is -0.500. The van der Waals surface area contributed by atoms with Crippen LogP contribution in [0, 0.1) is 0 Å². The normalized spacial score (nSPS) is 21.5. The second kappa shape index (κ2) is 11.1. The van der Waals surface area contributed by atoms with Gasteiger partial charge in [-0.1, -0.05) is 24.3 Å². The number of hydrogen-bond donors (Lipinski definition) is 7. The van der Waals surface area contributed by atoms with E-state index in [0.717, 1.165) is 0 Å². The lowest BCUT2D eigenvalue weighted by atomic mass is 9.76. The molecule has 1 aromatic carbocycles. The first kappa shape index (κ1) is 27.6. The zero-order valence-corrected chi connectivity index (χ0v) is 20.5. The van der Waals surface area contributed by atoms with Crippen molar-refractivity contribution < 1.29 is 43.0 Å². The monoisotopic (exact) mass is 548 g/mol. The number of aliphatic hydroxyl groups excluding tert-OH is 2. The van der Waals surface area contributed by atoms with E-state index in [0.29, 0.717) is 16.9 Å². The highest BCUT2D eigenvalue weighted by molar-refractivity contribution is 7.88. The number of benzene rings is 1. The molecule has 1 saturated heterocycles. The summed E-state index contributed by atoms with van der Waals surface area (Å²) in [7, 11) is -6.30. The van der Waals surface area contributed by atoms with Gasteiger partial charge in [-0.05, 0) is 11.5 Å². The molecule has 8 N–H and O–H groups in total. The molecule has 17 heteroatoms. The molecule has 2 aromatic heterocycles. The maximum atomic E-state index is 12.4. The van der Waals surface area contributed by atoms with Gasteiger partial charge in [-0.3, -0.25) is 14.2 Å². The van der Waals surface area contributed by atoms with Crippen LogP contribution in [0.4, 0.5) is 5.69 Å². The fraction of sp³-hybridized carbons (Fsp3) is 0.333. The summed E-state index contributed by atoms with van der Waals surface area (Å²) in [5, 5.41) is 39.6. The van der Waals surface area contributed by atoms with Crippen LogP contribution in [0.1, 0.15) is 29.4 Å². The zero-order valence-electron chi connectivity index (χ0n) is 19.7. The molecular weight excluding hydrogens is 523 g/mol. The molecule has 1 fully saturated rings. The Balaban J connectivity index is 1.32. The smallest absolute Gasteiger partial charge is 0.423 e. The van der Waals surface area contributed by atoms with Crippen LogP contribution >= 0.6 is 0 Å². The number of amides is 1. The van der Waals surface area contributed by atoms with E-state index in [-0.39, 0.29) is 17.4 Å². The topological polar surface area (TPSA) is 239 Å². The summed E-state index contributed by atoms with van der Waals surface area (Å²) in [4.78, 5) is 32.8. The lowest BCUT2D eigenvalue weighted by Crippen LogP contribution is -2.45. The van der Waals surface area contributed by atoms with Crippen LogP contribution in [0.5, 0.6) is 0 Å². The van der Waals surface area contributed by atoms with Crippen LogP contribution in [0.3, 0.4) is 0 Å². The molecular formula is C21H25BN6O9S. The van der Waals surface area contributed by atoms with E-state index in [1.165, 1.54) is 41.4 Å². The van der Waals surface area contributed by atoms with Crippen LogP contribution in [0.25, 0.3) is 11.2 Å². The summed E-state index contributed by atoms with van der Waals surface area (Å²) in [6.07, 6.45) is -3.40. The highest BCUT2D eigenvalue weighted by Crippen LogP contribution is 2.32. The molecule has 38 heavy (non-hydrogen) atoms. The van der Waals surface area contributed by atoms with Gasteiger partial charge in [-0.25, -0.2) is 14.7 Å². The molecule has 202 valence electrons. The second-order valence-corrected chi connectivity index (χ2v) is 10.0. The van der Waals surface area contributed by atoms with Gasteiger partial charge in [-0.15, -0.1) is 0 Å². The first-order valence-electron chi connectivity index (χ1n) is 11.4. The van der Waals surface area contributed by atoms with Gasteiger partial charge in [0.25, 0.3) is 0 Å². The number of carbonyl (C=O) groups is 2. The van der Waals surface area contributed by atoms with Gasteiger partial charge in [0, 0.05) is 31.1 Å². The largest absolute Gasteiger partial charge is 0.489 e. The first-order chi connectivity index (χ1) is 18.0. The maximum Gasteiger partial charge on any atom is 0.489 e. The summed E-state index contributed by atoms with van der Waals surface area (Å²) < 4.78 is 35.5. The SMILES string of the molecule is Nc1ccnc2c1ncn2[C@@H]1O[C@H](CNS(=O)(=O)NC(=O)CCC(=O)c2ccccc2B(O)O)[C@@H](O)[C@H]1O. The fourth-order valence-electron chi connectivity index (χ4n) is 4.03. The van der Waals surface area contributed by atoms with Gasteiger partial charge in [-0.2, -0.15) is 13.1 Å². The molecule has 0 unspecified atom stereocenters. The number of imidazole rings is 1. The molecule has 0 spiro atoms. The molecule has 1 aliphatic rings. The van der Waals surface area contributed by atoms with Gasteiger partial charge < -0.3 is 30.7 Å². The Labute approximate surface area is 216 Å². The first-order valence-corrected chi connectivity index (χ1v) is 12.8. The van der Waals surface area contributed by atoms with Crippen molar-refractivity contribution in [2.24, 2.45) is 0 Å². The number of anilines is 1. The minimum Gasteiger partial charge on any atom is -0.423 e. The number of aliphatic hydroxyl groups is 2. The van der Waals surface area contributed by atoms with Crippen molar-refractivity contribution in [2.45, 2.75) is 37.4 Å². The third kappa shape index (κ3) is 5.83. The number of aromatic nitrogens is 3. The van der Waals surface area contributed by atoms with Crippen molar-refractivity contribution in [3.63, 3.8) is 0 Å². The Morgan fingerprint density at radius 3 is 2.58 bits per heavy atom. The number of pyridine rings is 1. The molecule has 1 aliphatic heterocycles. The number of nitrogen functional groups attached to an aromatic ring is 1. The van der Waals surface area contributed by atoms with Crippen LogP contribution < -0.4 is 20.6 Å². The molecule has 4 atom stereocenters. The van der Waals surface area contributed by atoms with Gasteiger partial charge in [0.2, 0.25) is 5.91 Å². The van der Waals surface area contributed by atoms with Crippen molar-refractivity contribution in [3.05, 3.63) is 48.4 Å². The van der Waals surface area contributed by atoms with Gasteiger partial charge in [0.05, 0.1) is 12.0 Å². The Hall–Kier alpha value is -3.45. The number of nitrogens with two attached hydrogens (primary N) is 1. The fourth-order valence-corrected chi connectivity index (χ4v) is 4.89. The van der Waals surface area contributed by atoms with E-state index in [2.05, 4.69) is 14.7 Å². The summed E-state index contributed by atoms with van der Waals surface area (Å²) in [6, 6.07) is 7.26. The molecule has 4 rings (SSSR count). The van der Waals surface area contributed by atoms with E-state index in [9.17, 15) is 38.3 Å². The number of hydrogen-bond acceptors (Lipinski definition) is 12. The average Bonchev–Trinajstić information content (AvgIpc) is 3.42. The third-order valence-corrected chi connectivity index (χ3v) is 6.99. The predicted molar refractivity (Wildman–Crippen MR) is 133 cm³/mol. The Morgan fingerprint density at radius 2 is 1.84 bits per heavy atom. The lowest BCUT2D eigenvalue weighted by molar-refractivity contribution is -0.119. The van der Waals surface area contributed by atoms with Crippen molar-refractivity contribution in [1.29, 1.82) is 0 Å². The number of Topliss-reactive ketones (excluding diaryl/α,β-unsaturated/α-hetero) is 1. The van der Waals surface area contributed by atoms with E-state index >= 15 is 0 Å². The molecule has 0 bridgehead atoms. The number of carbonyl (C=O) groups excluding carboxylic acids is 2. The Morgan fingerprint density at radius 1 is 1.11 bits per heavy atom. The number of ketones is 1. The molecule has 0 aliphatic carbocycles. The minimum atomic E-state index is -4.42. The lowest BCUT2D eigenvalue weighted by Gasteiger charge is -2.16. The van der Waals surface area contributed by atoms with Crippen molar-refractivity contribution in [1.82, 2.24) is 24.0 Å². The molecule has 3 aromatic rings. The Kier molecular flexibility index (Phi) is 8.07. The third-order valence-electron chi connectivity index (χ3n) is 5.94. The highest BCUT2D eigenvalue weighted by Gasteiger charge is 2.44. The molecule has 3 heterocycles. The molecule has 15 nitrogen and oxygen atoms in total. The second-order valence-electron chi connectivity index (χ2n) is 8.53. The van der Waals surface area contributed by atoms with E-state index in [1.807, 2.05) is 0 Å². The predicted octanol–water partition coefficient (Wildman–Crippen LogP) is -3.07. The quantitative estimate of drug-likeness (QED) is 0.0987. The standard InChI is InChI=1S/C21H25BN6O9S/c23-13-7-8-24-20-17(13)25-10-28(20)21-19(32)18(31)15(37-21)9-26-38(35,36)27-16(30)6-5-14(29)11-3-1-2-4-12(11)22(33)34/h1-4,7-8,10,15,18-19,21,26,31-34H,5-6,9H2,(H2,23,24)(H,27,30)/t15-,18-,19-,21-/m1/s1. The van der Waals surface area contributed by atoms with Gasteiger partial charge >= 0.3 is 17.3 Å². The summed E-state index contributed by atoms with van der Waals surface area (Å²) >= 11 is 0. The van der Waals surface area contributed by atoms with Gasteiger partial charge in [0.1, 0.15) is 23.8 Å². The van der Waals surface area contributed by atoms with Crippen LogP contribution in [0.15, 0.2) is 42.9 Å². The van der Waals surface area contributed by atoms with E-state index in [4.69, 9.17) is 10.5 Å². The van der Waals surface area contributed by atoms with Gasteiger partial charge in [0.15, 0.2) is 17.7 Å². The number of ether oxygens (including phenoxy) is 1. The van der Waals surface area contributed by atoms with Crippen molar-refractivity contribution >= 4 is 51.3 Å². The molecule has 0 radical (unpaired) electrons. The summed E-state index contributed by atoms with van der Waals surface area (Å²) in [5.74, 6) is -1.58. The summed E-state index contributed by atoms with van der Waals surface area (Å²) in [5.41, 5.74) is 6.82. The van der Waals surface area contributed by atoms with E-state index < -0.39 is 66.5 Å². The number of nitrogens with one attached hydrogen (secondary N) is 2.